The van der Waals surface area contributed by atoms with Crippen LogP contribution in [0.15, 0.2) is 41.7 Å². The van der Waals surface area contributed by atoms with Gasteiger partial charge < -0.3 is 18.9 Å². The molecule has 1 aromatic rings. The summed E-state index contributed by atoms with van der Waals surface area (Å²) >= 11 is 0. The zero-order valence-corrected chi connectivity index (χ0v) is 15.3. The smallest absolute Gasteiger partial charge is 0.337 e. The summed E-state index contributed by atoms with van der Waals surface area (Å²) in [5.74, 6) is 0.420. The fraction of sp³-hybridized carbons (Fsp3) is 0.400. The van der Waals surface area contributed by atoms with E-state index >= 15 is 0 Å². The molecule has 0 spiro atoms. The van der Waals surface area contributed by atoms with Crippen LogP contribution in [0, 0.1) is 0 Å². The van der Waals surface area contributed by atoms with Gasteiger partial charge >= 0.3 is 11.9 Å². The average Bonchev–Trinajstić information content (AvgIpc) is 3.03. The highest BCUT2D eigenvalue weighted by Gasteiger charge is 2.31. The van der Waals surface area contributed by atoms with Crippen LogP contribution in [0.25, 0.3) is 6.08 Å². The molecule has 0 bridgehead atoms. The second-order valence-electron chi connectivity index (χ2n) is 5.62. The quantitative estimate of drug-likeness (QED) is 0.663. The van der Waals surface area contributed by atoms with E-state index in [4.69, 9.17) is 18.9 Å². The lowest BCUT2D eigenvalue weighted by atomic mass is 10.1. The molecule has 1 atom stereocenters. The van der Waals surface area contributed by atoms with Gasteiger partial charge in [-0.25, -0.2) is 4.79 Å². The molecule has 0 fully saturated rings. The number of carbonyl (C=O) groups is 2. The van der Waals surface area contributed by atoms with Crippen LogP contribution < -0.4 is 4.74 Å². The third-order valence-corrected chi connectivity index (χ3v) is 3.79. The van der Waals surface area contributed by atoms with Crippen molar-refractivity contribution in [2.75, 3.05) is 20.3 Å². The van der Waals surface area contributed by atoms with E-state index in [0.29, 0.717) is 24.4 Å². The lowest BCUT2D eigenvalue weighted by Gasteiger charge is -2.10. The number of ether oxygens (including phenoxy) is 4. The van der Waals surface area contributed by atoms with Crippen molar-refractivity contribution in [3.63, 3.8) is 0 Å². The van der Waals surface area contributed by atoms with Gasteiger partial charge in [0.2, 0.25) is 0 Å². The number of carbonyl (C=O) groups excluding carboxylic acids is 2. The first kappa shape index (κ1) is 19.6. The van der Waals surface area contributed by atoms with E-state index in [1.165, 1.54) is 0 Å². The predicted octanol–water partition coefficient (Wildman–Crippen LogP) is 3.27. The number of rotatable bonds is 8. The maximum absolute atomic E-state index is 12.2. The van der Waals surface area contributed by atoms with Crippen molar-refractivity contribution in [3.8, 4) is 5.75 Å². The molecule has 0 aliphatic carbocycles. The van der Waals surface area contributed by atoms with Crippen LogP contribution in [-0.4, -0.2) is 38.4 Å². The molecule has 0 N–H and O–H groups in total. The highest BCUT2D eigenvalue weighted by molar-refractivity contribution is 5.90. The van der Waals surface area contributed by atoms with E-state index in [-0.39, 0.29) is 19.0 Å². The van der Waals surface area contributed by atoms with Crippen LogP contribution in [0.5, 0.6) is 5.75 Å². The fourth-order valence-corrected chi connectivity index (χ4v) is 2.57. The largest absolute Gasteiger partial charge is 0.497 e. The van der Waals surface area contributed by atoms with Crippen molar-refractivity contribution in [2.24, 2.45) is 0 Å². The van der Waals surface area contributed by atoms with Crippen LogP contribution in [0.4, 0.5) is 0 Å². The van der Waals surface area contributed by atoms with Crippen molar-refractivity contribution >= 4 is 18.0 Å². The van der Waals surface area contributed by atoms with E-state index in [1.54, 1.807) is 27.0 Å². The summed E-state index contributed by atoms with van der Waals surface area (Å²) in [7, 11) is 1.61. The van der Waals surface area contributed by atoms with Crippen LogP contribution >= 0.6 is 0 Å². The standard InChI is InChI=1S/C20H24O6/c1-4-24-19(21)13-16-12-17(20(22)25-5-2)18(26-16)11-8-14-6-9-15(23-3)10-7-14/h6-11,16H,4-5,12-13H2,1-3H3/b11-8+. The summed E-state index contributed by atoms with van der Waals surface area (Å²) < 4.78 is 21.0. The molecular weight excluding hydrogens is 336 g/mol. The van der Waals surface area contributed by atoms with Gasteiger partial charge in [0.1, 0.15) is 17.6 Å². The Morgan fingerprint density at radius 2 is 1.81 bits per heavy atom. The number of esters is 2. The van der Waals surface area contributed by atoms with E-state index in [2.05, 4.69) is 0 Å². The molecule has 6 heteroatoms. The Balaban J connectivity index is 2.13. The van der Waals surface area contributed by atoms with Gasteiger partial charge in [0.25, 0.3) is 0 Å². The number of hydrogen-bond acceptors (Lipinski definition) is 6. The van der Waals surface area contributed by atoms with Gasteiger partial charge in [-0.1, -0.05) is 18.2 Å². The summed E-state index contributed by atoms with van der Waals surface area (Å²) in [5.41, 5.74) is 1.37. The SMILES string of the molecule is CCOC(=O)CC1CC(C(=O)OCC)=C(/C=C/c2ccc(OC)cc2)O1. The Morgan fingerprint density at radius 1 is 1.12 bits per heavy atom. The fourth-order valence-electron chi connectivity index (χ4n) is 2.57. The Morgan fingerprint density at radius 3 is 2.42 bits per heavy atom. The molecule has 0 saturated carbocycles. The van der Waals surface area contributed by atoms with Gasteiger partial charge in [-0.05, 0) is 37.6 Å². The van der Waals surface area contributed by atoms with E-state index in [1.807, 2.05) is 30.3 Å². The minimum atomic E-state index is -0.427. The predicted molar refractivity (Wildman–Crippen MR) is 96.4 cm³/mol. The van der Waals surface area contributed by atoms with Crippen LogP contribution in [0.3, 0.4) is 0 Å². The Bertz CT molecular complexity index is 687. The van der Waals surface area contributed by atoms with Crippen molar-refractivity contribution in [2.45, 2.75) is 32.8 Å². The van der Waals surface area contributed by atoms with E-state index in [9.17, 15) is 9.59 Å². The Hall–Kier alpha value is -2.76. The third kappa shape index (κ3) is 5.37. The first-order valence-corrected chi connectivity index (χ1v) is 8.62. The van der Waals surface area contributed by atoms with E-state index in [0.717, 1.165) is 11.3 Å². The summed E-state index contributed by atoms with van der Waals surface area (Å²) in [6, 6.07) is 7.48. The van der Waals surface area contributed by atoms with Crippen LogP contribution in [-0.2, 0) is 23.8 Å². The van der Waals surface area contributed by atoms with Crippen molar-refractivity contribution in [1.29, 1.82) is 0 Å². The third-order valence-electron chi connectivity index (χ3n) is 3.79. The van der Waals surface area contributed by atoms with Crippen LogP contribution in [0.2, 0.25) is 0 Å². The summed E-state index contributed by atoms with van der Waals surface area (Å²) in [5, 5.41) is 0. The molecule has 1 unspecified atom stereocenters. The highest BCUT2D eigenvalue weighted by atomic mass is 16.5. The summed E-state index contributed by atoms with van der Waals surface area (Å²) in [6.45, 7) is 4.09. The average molecular weight is 360 g/mol. The monoisotopic (exact) mass is 360 g/mol. The maximum Gasteiger partial charge on any atom is 0.337 e. The Labute approximate surface area is 153 Å². The normalized spacial score (nSPS) is 16.5. The zero-order chi connectivity index (χ0) is 18.9. The molecule has 0 radical (unpaired) electrons. The molecule has 1 heterocycles. The maximum atomic E-state index is 12.2. The molecule has 0 aromatic heterocycles. The molecule has 0 saturated heterocycles. The molecule has 0 amide bonds. The van der Waals surface area contributed by atoms with Crippen molar-refractivity contribution in [1.82, 2.24) is 0 Å². The molecule has 1 aliphatic heterocycles. The molecule has 2 rings (SSSR count). The minimum Gasteiger partial charge on any atom is -0.497 e. The van der Waals surface area contributed by atoms with Gasteiger partial charge in [0, 0.05) is 6.42 Å². The highest BCUT2D eigenvalue weighted by Crippen LogP contribution is 2.30. The first-order chi connectivity index (χ1) is 12.6. The molecule has 1 aliphatic rings. The summed E-state index contributed by atoms with van der Waals surface area (Å²) in [6.07, 6.45) is 3.54. The molecular formula is C20H24O6. The minimum absolute atomic E-state index is 0.0939. The number of allylic oxidation sites excluding steroid dienone is 1. The van der Waals surface area contributed by atoms with Gasteiger partial charge in [-0.3, -0.25) is 4.79 Å². The first-order valence-electron chi connectivity index (χ1n) is 8.62. The topological polar surface area (TPSA) is 71.1 Å². The number of hydrogen-bond donors (Lipinski definition) is 0. The molecule has 26 heavy (non-hydrogen) atoms. The molecule has 140 valence electrons. The van der Waals surface area contributed by atoms with E-state index < -0.39 is 12.1 Å². The van der Waals surface area contributed by atoms with Gasteiger partial charge in [0.05, 0.1) is 32.3 Å². The lowest BCUT2D eigenvalue weighted by Crippen LogP contribution is -2.16. The molecule has 1 aromatic carbocycles. The second kappa shape index (κ2) is 9.65. The lowest BCUT2D eigenvalue weighted by molar-refractivity contribution is -0.145. The van der Waals surface area contributed by atoms with Crippen LogP contribution in [0.1, 0.15) is 32.3 Å². The summed E-state index contributed by atoms with van der Waals surface area (Å²) in [4.78, 5) is 23.9. The Kier molecular flexibility index (Phi) is 7.26. The number of methoxy groups -OCH3 is 1. The van der Waals surface area contributed by atoms with Gasteiger partial charge in [-0.2, -0.15) is 0 Å². The zero-order valence-electron chi connectivity index (χ0n) is 15.3. The molecule has 6 nitrogen and oxygen atoms in total. The second-order valence-corrected chi connectivity index (χ2v) is 5.62. The van der Waals surface area contributed by atoms with Crippen molar-refractivity contribution < 1.29 is 28.5 Å². The number of benzene rings is 1. The van der Waals surface area contributed by atoms with Gasteiger partial charge in [0.15, 0.2) is 0 Å². The van der Waals surface area contributed by atoms with Crippen molar-refractivity contribution in [3.05, 3.63) is 47.2 Å². The van der Waals surface area contributed by atoms with Gasteiger partial charge in [-0.15, -0.1) is 0 Å².